The fraction of sp³-hybridized carbons (Fsp3) is 1.00. The Morgan fingerprint density at radius 2 is 1.57 bits per heavy atom. The molecule has 0 aromatic heterocycles. The van der Waals surface area contributed by atoms with Gasteiger partial charge in [-0.1, -0.05) is 46.0 Å². The summed E-state index contributed by atoms with van der Waals surface area (Å²) in [6.45, 7) is 5.56. The zero-order valence-corrected chi connectivity index (χ0v) is 9.93. The normalized spacial score (nSPS) is 20.1. The Morgan fingerprint density at radius 1 is 1.14 bits per heavy atom. The van der Waals surface area contributed by atoms with Crippen LogP contribution in [0.15, 0.2) is 0 Å². The highest BCUT2D eigenvalue weighted by Gasteiger charge is 2.15. The lowest BCUT2D eigenvalue weighted by Crippen LogP contribution is -2.10. The van der Waals surface area contributed by atoms with Crippen molar-refractivity contribution < 1.29 is 4.39 Å². The highest BCUT2D eigenvalue weighted by atomic mass is 19.1. The van der Waals surface area contributed by atoms with Gasteiger partial charge >= 0.3 is 0 Å². The van der Waals surface area contributed by atoms with Crippen LogP contribution in [-0.2, 0) is 0 Å². The third-order valence-electron chi connectivity index (χ3n) is 2.38. The van der Waals surface area contributed by atoms with Crippen molar-refractivity contribution in [3.05, 3.63) is 0 Å². The molecule has 1 rings (SSSR count). The van der Waals surface area contributed by atoms with Crippen LogP contribution in [-0.4, -0.2) is 12.2 Å². The van der Waals surface area contributed by atoms with Crippen molar-refractivity contribution >= 4 is 0 Å². The van der Waals surface area contributed by atoms with Gasteiger partial charge in [-0.15, -0.1) is 0 Å². The molecule has 1 aliphatic rings. The second-order valence-corrected chi connectivity index (χ2v) is 4.76. The molecule has 2 heteroatoms. The first kappa shape index (κ1) is 13.9. The van der Waals surface area contributed by atoms with Crippen molar-refractivity contribution in [1.29, 1.82) is 0 Å². The molecule has 1 aliphatic carbocycles. The Kier molecular flexibility index (Phi) is 8.15. The summed E-state index contributed by atoms with van der Waals surface area (Å²) in [5, 5.41) is 0. The van der Waals surface area contributed by atoms with Crippen molar-refractivity contribution in [2.24, 2.45) is 11.7 Å². The van der Waals surface area contributed by atoms with Gasteiger partial charge in [0.25, 0.3) is 0 Å². The molecule has 0 saturated heterocycles. The number of rotatable bonds is 2. The smallest absolute Gasteiger partial charge is 0.0976 e. The zero-order valence-electron chi connectivity index (χ0n) is 9.93. The summed E-state index contributed by atoms with van der Waals surface area (Å²) in [5.74, 6) is 0.703. The summed E-state index contributed by atoms with van der Waals surface area (Å²) < 4.78 is 12.5. The lowest BCUT2D eigenvalue weighted by atomic mass is 9.86. The average Bonchev–Trinajstić information content (AvgIpc) is 2.03. The molecule has 14 heavy (non-hydrogen) atoms. The van der Waals surface area contributed by atoms with E-state index in [1.54, 1.807) is 6.92 Å². The highest BCUT2D eigenvalue weighted by Crippen LogP contribution is 2.27. The van der Waals surface area contributed by atoms with E-state index in [-0.39, 0.29) is 0 Å². The van der Waals surface area contributed by atoms with E-state index in [0.717, 1.165) is 6.42 Å². The number of nitrogens with two attached hydrogens (primary N) is 1. The maximum atomic E-state index is 12.5. The molecule has 0 amide bonds. The van der Waals surface area contributed by atoms with Crippen LogP contribution in [0.2, 0.25) is 0 Å². The minimum Gasteiger partial charge on any atom is -0.328 e. The maximum Gasteiger partial charge on any atom is 0.0976 e. The summed E-state index contributed by atoms with van der Waals surface area (Å²) in [4.78, 5) is 0. The molecule has 1 unspecified atom stereocenters. The SMILES string of the molecule is CC(C)N.CC(F)CC1CCCCC1. The summed E-state index contributed by atoms with van der Waals surface area (Å²) in [7, 11) is 0. The highest BCUT2D eigenvalue weighted by molar-refractivity contribution is 4.67. The second kappa shape index (κ2) is 8.22. The van der Waals surface area contributed by atoms with E-state index in [4.69, 9.17) is 5.73 Å². The summed E-state index contributed by atoms with van der Waals surface area (Å²) in [5.41, 5.74) is 5.11. The minimum absolute atomic E-state index is 0.333. The van der Waals surface area contributed by atoms with Gasteiger partial charge in [0.2, 0.25) is 0 Å². The van der Waals surface area contributed by atoms with E-state index >= 15 is 0 Å². The molecule has 1 saturated carbocycles. The van der Waals surface area contributed by atoms with E-state index in [1.807, 2.05) is 13.8 Å². The Morgan fingerprint density at radius 3 is 1.93 bits per heavy atom. The van der Waals surface area contributed by atoms with Crippen LogP contribution in [0.25, 0.3) is 0 Å². The van der Waals surface area contributed by atoms with Gasteiger partial charge in [0, 0.05) is 0 Å². The van der Waals surface area contributed by atoms with E-state index in [9.17, 15) is 4.39 Å². The van der Waals surface area contributed by atoms with Crippen LogP contribution in [0.1, 0.15) is 59.3 Å². The largest absolute Gasteiger partial charge is 0.328 e. The maximum absolute atomic E-state index is 12.5. The monoisotopic (exact) mass is 203 g/mol. The minimum atomic E-state index is -0.580. The molecule has 1 fully saturated rings. The van der Waals surface area contributed by atoms with Crippen molar-refractivity contribution in [3.63, 3.8) is 0 Å². The van der Waals surface area contributed by atoms with Gasteiger partial charge < -0.3 is 5.73 Å². The molecule has 2 N–H and O–H groups in total. The fourth-order valence-electron chi connectivity index (χ4n) is 1.88. The molecule has 0 heterocycles. The van der Waals surface area contributed by atoms with Crippen molar-refractivity contribution in [3.8, 4) is 0 Å². The quantitative estimate of drug-likeness (QED) is 0.728. The standard InChI is InChI=1S/C9H17F.C3H9N/c1-8(10)7-9-5-3-2-4-6-9;1-3(2)4/h8-9H,2-7H2,1H3;3H,4H2,1-2H3. The molecule has 1 nitrogen and oxygen atoms in total. The first-order valence-electron chi connectivity index (χ1n) is 5.92. The Hall–Kier alpha value is -0.110. The predicted molar refractivity (Wildman–Crippen MR) is 61.1 cm³/mol. The van der Waals surface area contributed by atoms with Crippen molar-refractivity contribution in [1.82, 2.24) is 0 Å². The summed E-state index contributed by atoms with van der Waals surface area (Å²) >= 11 is 0. The van der Waals surface area contributed by atoms with Gasteiger partial charge in [0.05, 0.1) is 6.17 Å². The molecule has 86 valence electrons. The molecular formula is C12H26FN. The van der Waals surface area contributed by atoms with Gasteiger partial charge in [-0.25, -0.2) is 4.39 Å². The first-order valence-corrected chi connectivity index (χ1v) is 5.92. The average molecular weight is 203 g/mol. The molecule has 0 aromatic carbocycles. The van der Waals surface area contributed by atoms with E-state index < -0.39 is 6.17 Å². The van der Waals surface area contributed by atoms with Gasteiger partial charge in [-0.3, -0.25) is 0 Å². The fourth-order valence-corrected chi connectivity index (χ4v) is 1.88. The third-order valence-corrected chi connectivity index (χ3v) is 2.38. The Balaban J connectivity index is 0.000000364. The van der Waals surface area contributed by atoms with Gasteiger partial charge in [0.15, 0.2) is 0 Å². The molecule has 0 aliphatic heterocycles. The van der Waals surface area contributed by atoms with Crippen LogP contribution in [0, 0.1) is 5.92 Å². The molecule has 0 bridgehead atoms. The lowest BCUT2D eigenvalue weighted by molar-refractivity contribution is 0.245. The van der Waals surface area contributed by atoms with Crippen molar-refractivity contribution in [2.75, 3.05) is 0 Å². The molecular weight excluding hydrogens is 177 g/mol. The van der Waals surface area contributed by atoms with E-state index in [0.29, 0.717) is 12.0 Å². The van der Waals surface area contributed by atoms with Crippen LogP contribution >= 0.6 is 0 Å². The van der Waals surface area contributed by atoms with Gasteiger partial charge in [-0.05, 0) is 25.3 Å². The number of alkyl halides is 1. The van der Waals surface area contributed by atoms with E-state index in [1.165, 1.54) is 32.1 Å². The second-order valence-electron chi connectivity index (χ2n) is 4.76. The Labute approximate surface area is 88.3 Å². The van der Waals surface area contributed by atoms with Crippen molar-refractivity contribution in [2.45, 2.75) is 71.5 Å². The van der Waals surface area contributed by atoms with E-state index in [2.05, 4.69) is 0 Å². The van der Waals surface area contributed by atoms with Crippen LogP contribution < -0.4 is 5.73 Å². The van der Waals surface area contributed by atoms with Gasteiger partial charge in [-0.2, -0.15) is 0 Å². The van der Waals surface area contributed by atoms with Crippen LogP contribution in [0.5, 0.6) is 0 Å². The molecule has 0 spiro atoms. The lowest BCUT2D eigenvalue weighted by Gasteiger charge is -2.21. The third kappa shape index (κ3) is 9.97. The first-order chi connectivity index (χ1) is 6.52. The predicted octanol–water partition coefficient (Wildman–Crippen LogP) is 3.67. The van der Waals surface area contributed by atoms with Gasteiger partial charge in [0.1, 0.15) is 0 Å². The van der Waals surface area contributed by atoms with Crippen LogP contribution in [0.4, 0.5) is 4.39 Å². The molecule has 0 radical (unpaired) electrons. The zero-order chi connectivity index (χ0) is 11.0. The number of hydrogen-bond donors (Lipinski definition) is 1. The molecule has 1 atom stereocenters. The topological polar surface area (TPSA) is 26.0 Å². The Bertz CT molecular complexity index is 115. The number of hydrogen-bond acceptors (Lipinski definition) is 1. The molecule has 0 aromatic rings. The summed E-state index contributed by atoms with van der Waals surface area (Å²) in [6.07, 6.45) is 6.80. The van der Waals surface area contributed by atoms with Crippen LogP contribution in [0.3, 0.4) is 0 Å². The number of halogens is 1. The summed E-state index contributed by atoms with van der Waals surface area (Å²) in [6, 6.07) is 0.333.